The molecule has 1 heterocycles. The highest BCUT2D eigenvalue weighted by Crippen LogP contribution is 2.20. The fourth-order valence-electron chi connectivity index (χ4n) is 1.89. The summed E-state index contributed by atoms with van der Waals surface area (Å²) in [5.74, 6) is -0.224. The summed E-state index contributed by atoms with van der Waals surface area (Å²) < 4.78 is 5.57. The number of rotatable bonds is 6. The topological polar surface area (TPSA) is 72.3 Å². The molecule has 0 aromatic carbocycles. The largest absolute Gasteiger partial charge is 0.481 e. The Morgan fingerprint density at radius 2 is 1.83 bits per heavy atom. The van der Waals surface area contributed by atoms with Crippen molar-refractivity contribution in [1.29, 1.82) is 0 Å². The van der Waals surface area contributed by atoms with Gasteiger partial charge in [0.2, 0.25) is 0 Å². The maximum Gasteiger partial charge on any atom is 0.307 e. The smallest absolute Gasteiger partial charge is 0.307 e. The lowest BCUT2D eigenvalue weighted by Crippen LogP contribution is -2.14. The fraction of sp³-hybridized carbons (Fsp3) is 0.615. The predicted molar refractivity (Wildman–Crippen MR) is 67.5 cm³/mol. The molecule has 1 N–H and O–H groups in total. The van der Waals surface area contributed by atoms with Crippen LogP contribution in [-0.2, 0) is 16.0 Å². The number of carbonyl (C=O) groups is 1. The van der Waals surface area contributed by atoms with E-state index in [1.807, 2.05) is 27.7 Å². The second-order valence-corrected chi connectivity index (χ2v) is 4.15. The monoisotopic (exact) mass is 252 g/mol. The van der Waals surface area contributed by atoms with Crippen molar-refractivity contribution in [1.82, 2.24) is 9.97 Å². The third kappa shape index (κ3) is 3.50. The Kier molecular flexibility index (Phi) is 5.22. The standard InChI is InChI=1S/C13H20N2O3/c1-5-11(18-6-2)13-14-8(3)10(7-12(16)17)9(4)15-13/h11H,5-7H2,1-4H3,(H,16,17). The zero-order chi connectivity index (χ0) is 13.7. The summed E-state index contributed by atoms with van der Waals surface area (Å²) in [4.78, 5) is 19.5. The summed E-state index contributed by atoms with van der Waals surface area (Å²) in [6, 6.07) is 0. The minimum absolute atomic E-state index is 0.0383. The summed E-state index contributed by atoms with van der Waals surface area (Å²) >= 11 is 0. The average molecular weight is 252 g/mol. The number of ether oxygens (including phenoxy) is 1. The van der Waals surface area contributed by atoms with Crippen molar-refractivity contribution in [2.24, 2.45) is 0 Å². The number of hydrogen-bond acceptors (Lipinski definition) is 4. The van der Waals surface area contributed by atoms with E-state index in [2.05, 4.69) is 9.97 Å². The molecule has 1 atom stereocenters. The second-order valence-electron chi connectivity index (χ2n) is 4.15. The van der Waals surface area contributed by atoms with Crippen LogP contribution >= 0.6 is 0 Å². The summed E-state index contributed by atoms with van der Waals surface area (Å²) in [6.07, 6.45) is 0.639. The van der Waals surface area contributed by atoms with Crippen molar-refractivity contribution in [3.63, 3.8) is 0 Å². The third-order valence-electron chi connectivity index (χ3n) is 2.79. The number of carboxylic acid groups (broad SMARTS) is 1. The van der Waals surface area contributed by atoms with Gasteiger partial charge in [-0.25, -0.2) is 9.97 Å². The maximum atomic E-state index is 10.8. The van der Waals surface area contributed by atoms with Gasteiger partial charge in [0.15, 0.2) is 5.82 Å². The van der Waals surface area contributed by atoms with E-state index >= 15 is 0 Å². The predicted octanol–water partition coefficient (Wildman–Crippen LogP) is 2.21. The van der Waals surface area contributed by atoms with E-state index in [1.54, 1.807) is 0 Å². The van der Waals surface area contributed by atoms with Gasteiger partial charge in [0.05, 0.1) is 6.42 Å². The van der Waals surface area contributed by atoms with E-state index in [1.165, 1.54) is 0 Å². The molecule has 0 spiro atoms. The van der Waals surface area contributed by atoms with E-state index in [-0.39, 0.29) is 12.5 Å². The number of aliphatic carboxylic acids is 1. The zero-order valence-corrected chi connectivity index (χ0v) is 11.4. The molecule has 0 saturated carbocycles. The van der Waals surface area contributed by atoms with Crippen LogP contribution in [-0.4, -0.2) is 27.7 Å². The van der Waals surface area contributed by atoms with Crippen LogP contribution in [0, 0.1) is 13.8 Å². The Balaban J connectivity index is 3.08. The zero-order valence-electron chi connectivity index (χ0n) is 11.4. The molecule has 1 aromatic rings. The SMILES string of the molecule is CCOC(CC)c1nc(C)c(CC(=O)O)c(C)n1. The van der Waals surface area contributed by atoms with Gasteiger partial charge in [-0.15, -0.1) is 0 Å². The van der Waals surface area contributed by atoms with Crippen LogP contribution in [0.2, 0.25) is 0 Å². The van der Waals surface area contributed by atoms with Gasteiger partial charge in [-0.05, 0) is 27.2 Å². The van der Waals surface area contributed by atoms with Crippen molar-refractivity contribution in [3.8, 4) is 0 Å². The quantitative estimate of drug-likeness (QED) is 0.840. The summed E-state index contributed by atoms with van der Waals surface area (Å²) in [6.45, 7) is 8.18. The van der Waals surface area contributed by atoms with Crippen molar-refractivity contribution < 1.29 is 14.6 Å². The number of nitrogens with zero attached hydrogens (tertiary/aromatic N) is 2. The molecule has 1 unspecified atom stereocenters. The molecule has 0 bridgehead atoms. The second kappa shape index (κ2) is 6.44. The highest BCUT2D eigenvalue weighted by molar-refractivity contribution is 5.70. The van der Waals surface area contributed by atoms with Crippen LogP contribution in [0.15, 0.2) is 0 Å². The van der Waals surface area contributed by atoms with Crippen LogP contribution in [0.1, 0.15) is 49.1 Å². The van der Waals surface area contributed by atoms with Gasteiger partial charge >= 0.3 is 5.97 Å². The van der Waals surface area contributed by atoms with Gasteiger partial charge in [-0.2, -0.15) is 0 Å². The van der Waals surface area contributed by atoms with E-state index in [4.69, 9.17) is 9.84 Å². The van der Waals surface area contributed by atoms with Gasteiger partial charge in [0.1, 0.15) is 6.10 Å². The molecule has 5 nitrogen and oxygen atoms in total. The maximum absolute atomic E-state index is 10.8. The van der Waals surface area contributed by atoms with Crippen LogP contribution in [0.5, 0.6) is 0 Å². The highest BCUT2D eigenvalue weighted by atomic mass is 16.5. The summed E-state index contributed by atoms with van der Waals surface area (Å²) in [7, 11) is 0. The Hall–Kier alpha value is -1.49. The van der Waals surface area contributed by atoms with Crippen LogP contribution < -0.4 is 0 Å². The number of carboxylic acids is 1. The van der Waals surface area contributed by atoms with E-state index in [0.717, 1.165) is 17.8 Å². The minimum atomic E-state index is -0.866. The molecule has 1 rings (SSSR count). The first-order valence-electron chi connectivity index (χ1n) is 6.16. The molecular formula is C13H20N2O3. The van der Waals surface area contributed by atoms with Gasteiger partial charge in [-0.3, -0.25) is 4.79 Å². The van der Waals surface area contributed by atoms with Crippen molar-refractivity contribution >= 4 is 5.97 Å². The molecule has 5 heteroatoms. The molecule has 0 fully saturated rings. The average Bonchev–Trinajstić information content (AvgIpc) is 2.30. The molecule has 0 amide bonds. The molecule has 0 aliphatic rings. The molecule has 0 saturated heterocycles. The van der Waals surface area contributed by atoms with Gasteiger partial charge < -0.3 is 9.84 Å². The lowest BCUT2D eigenvalue weighted by atomic mass is 10.1. The first-order valence-corrected chi connectivity index (χ1v) is 6.16. The van der Waals surface area contributed by atoms with Crippen LogP contribution in [0.25, 0.3) is 0 Å². The lowest BCUT2D eigenvalue weighted by molar-refractivity contribution is -0.136. The molecule has 0 aliphatic carbocycles. The number of aromatic nitrogens is 2. The lowest BCUT2D eigenvalue weighted by Gasteiger charge is -2.16. The summed E-state index contributed by atoms with van der Waals surface area (Å²) in [5.41, 5.74) is 2.13. The molecule has 100 valence electrons. The Bertz CT molecular complexity index is 409. The first-order chi connectivity index (χ1) is 8.49. The van der Waals surface area contributed by atoms with Crippen molar-refractivity contribution in [2.45, 2.75) is 46.6 Å². The molecule has 0 radical (unpaired) electrons. The van der Waals surface area contributed by atoms with Crippen molar-refractivity contribution in [2.75, 3.05) is 6.61 Å². The molecule has 0 aliphatic heterocycles. The Morgan fingerprint density at radius 1 is 1.28 bits per heavy atom. The Morgan fingerprint density at radius 3 is 2.22 bits per heavy atom. The van der Waals surface area contributed by atoms with E-state index in [9.17, 15) is 4.79 Å². The van der Waals surface area contributed by atoms with E-state index in [0.29, 0.717) is 18.0 Å². The van der Waals surface area contributed by atoms with Crippen LogP contribution in [0.3, 0.4) is 0 Å². The molecule has 18 heavy (non-hydrogen) atoms. The van der Waals surface area contributed by atoms with Crippen LogP contribution in [0.4, 0.5) is 0 Å². The summed E-state index contributed by atoms with van der Waals surface area (Å²) in [5, 5.41) is 8.84. The number of hydrogen-bond donors (Lipinski definition) is 1. The van der Waals surface area contributed by atoms with Gasteiger partial charge in [-0.1, -0.05) is 6.92 Å². The highest BCUT2D eigenvalue weighted by Gasteiger charge is 2.17. The first kappa shape index (κ1) is 14.6. The third-order valence-corrected chi connectivity index (χ3v) is 2.79. The minimum Gasteiger partial charge on any atom is -0.481 e. The Labute approximate surface area is 107 Å². The van der Waals surface area contributed by atoms with Gasteiger partial charge in [0.25, 0.3) is 0 Å². The van der Waals surface area contributed by atoms with Gasteiger partial charge in [0, 0.05) is 23.6 Å². The number of aryl methyl sites for hydroxylation is 2. The molecule has 1 aromatic heterocycles. The van der Waals surface area contributed by atoms with E-state index < -0.39 is 5.97 Å². The normalized spacial score (nSPS) is 12.4. The fourth-order valence-corrected chi connectivity index (χ4v) is 1.89. The molecular weight excluding hydrogens is 232 g/mol. The van der Waals surface area contributed by atoms with Crippen molar-refractivity contribution in [3.05, 3.63) is 22.8 Å².